The minimum atomic E-state index is -0.327. The Kier molecular flexibility index (Phi) is 5.35. The highest BCUT2D eigenvalue weighted by Gasteiger charge is 2.40. The smallest absolute Gasteiger partial charge is 0.279 e. The normalized spacial score (nSPS) is 26.2. The van der Waals surface area contributed by atoms with Gasteiger partial charge in [0.2, 0.25) is 5.91 Å². The van der Waals surface area contributed by atoms with Crippen molar-refractivity contribution in [3.8, 4) is 5.75 Å². The number of fused-ring (bicyclic) bond motifs is 1. The summed E-state index contributed by atoms with van der Waals surface area (Å²) in [5.41, 5.74) is 0.718. The molecular weight excluding hydrogens is 306 g/mol. The second kappa shape index (κ2) is 7.66. The fraction of sp³-hybridized carbons (Fsp3) is 0.556. The molecule has 1 aromatic rings. The van der Waals surface area contributed by atoms with Crippen LogP contribution < -0.4 is 20.7 Å². The SMILES string of the molecule is CCOc1ccc(NC(=O)C[C@@H]2[NH2+][C@@H]3CCCC[C@@H]3NC2=O)cc1. The molecule has 2 fully saturated rings. The van der Waals surface area contributed by atoms with E-state index in [4.69, 9.17) is 4.74 Å². The molecule has 1 aliphatic carbocycles. The van der Waals surface area contributed by atoms with Crippen molar-refractivity contribution in [2.75, 3.05) is 11.9 Å². The Balaban J connectivity index is 1.53. The Morgan fingerprint density at radius 2 is 2.04 bits per heavy atom. The lowest BCUT2D eigenvalue weighted by atomic mass is 9.87. The molecule has 6 heteroatoms. The molecule has 2 aliphatic rings. The Labute approximate surface area is 142 Å². The standard InChI is InChI=1S/C18H25N3O3/c1-2-24-13-9-7-12(8-10-13)19-17(22)11-16-18(23)21-15-6-4-3-5-14(15)20-16/h7-10,14-16,20H,2-6,11H2,1H3,(H,19,22)(H,21,23)/p+1/t14-,15+,16+/m1/s1. The molecule has 1 aliphatic heterocycles. The number of piperazine rings is 1. The van der Waals surface area contributed by atoms with Crippen LogP contribution >= 0.6 is 0 Å². The maximum Gasteiger partial charge on any atom is 0.279 e. The molecule has 1 saturated carbocycles. The van der Waals surface area contributed by atoms with Crippen LogP contribution in [0.25, 0.3) is 0 Å². The molecule has 1 saturated heterocycles. The molecule has 6 nitrogen and oxygen atoms in total. The Morgan fingerprint density at radius 3 is 2.79 bits per heavy atom. The average molecular weight is 332 g/mol. The molecule has 130 valence electrons. The van der Waals surface area contributed by atoms with Gasteiger partial charge in [0.1, 0.15) is 11.8 Å². The fourth-order valence-corrected chi connectivity index (χ4v) is 3.62. The quantitative estimate of drug-likeness (QED) is 0.745. The highest BCUT2D eigenvalue weighted by Crippen LogP contribution is 2.19. The van der Waals surface area contributed by atoms with Gasteiger partial charge in [0, 0.05) is 12.1 Å². The summed E-state index contributed by atoms with van der Waals surface area (Å²) in [4.78, 5) is 24.5. The van der Waals surface area contributed by atoms with Crippen molar-refractivity contribution < 1.29 is 19.6 Å². The Morgan fingerprint density at radius 1 is 1.29 bits per heavy atom. The number of anilines is 1. The third kappa shape index (κ3) is 4.06. The summed E-state index contributed by atoms with van der Waals surface area (Å²) < 4.78 is 5.38. The van der Waals surface area contributed by atoms with E-state index in [1.54, 1.807) is 0 Å². The molecule has 3 rings (SSSR count). The van der Waals surface area contributed by atoms with E-state index in [0.717, 1.165) is 24.3 Å². The first-order valence-corrected chi connectivity index (χ1v) is 8.84. The fourth-order valence-electron chi connectivity index (χ4n) is 3.62. The number of ether oxygens (including phenoxy) is 1. The van der Waals surface area contributed by atoms with Gasteiger partial charge in [0.15, 0.2) is 6.04 Å². The second-order valence-electron chi connectivity index (χ2n) is 6.57. The predicted molar refractivity (Wildman–Crippen MR) is 90.8 cm³/mol. The monoisotopic (exact) mass is 332 g/mol. The summed E-state index contributed by atoms with van der Waals surface area (Å²) >= 11 is 0. The number of amides is 2. The van der Waals surface area contributed by atoms with Gasteiger partial charge >= 0.3 is 0 Å². The van der Waals surface area contributed by atoms with Crippen molar-refractivity contribution in [3.05, 3.63) is 24.3 Å². The van der Waals surface area contributed by atoms with Gasteiger partial charge in [-0.25, -0.2) is 0 Å². The van der Waals surface area contributed by atoms with E-state index in [1.807, 2.05) is 31.2 Å². The number of nitrogens with two attached hydrogens (primary N) is 1. The van der Waals surface area contributed by atoms with Crippen LogP contribution in [-0.2, 0) is 9.59 Å². The number of rotatable bonds is 5. The molecule has 2 amide bonds. The predicted octanol–water partition coefficient (Wildman–Crippen LogP) is 0.787. The summed E-state index contributed by atoms with van der Waals surface area (Å²) in [6, 6.07) is 7.63. The van der Waals surface area contributed by atoms with Crippen LogP contribution in [0.4, 0.5) is 5.69 Å². The highest BCUT2D eigenvalue weighted by molar-refractivity contribution is 5.95. The summed E-state index contributed by atoms with van der Waals surface area (Å²) in [6.45, 7) is 2.54. The lowest BCUT2D eigenvalue weighted by molar-refractivity contribution is -0.718. The highest BCUT2D eigenvalue weighted by atomic mass is 16.5. The molecule has 0 spiro atoms. The first-order chi connectivity index (χ1) is 11.7. The molecular formula is C18H26N3O3+. The van der Waals surface area contributed by atoms with Gasteiger partial charge in [-0.1, -0.05) is 6.42 Å². The molecule has 0 unspecified atom stereocenters. The molecule has 24 heavy (non-hydrogen) atoms. The van der Waals surface area contributed by atoms with E-state index >= 15 is 0 Å². The minimum Gasteiger partial charge on any atom is -0.494 e. The number of hydrogen-bond donors (Lipinski definition) is 3. The molecule has 3 atom stereocenters. The summed E-state index contributed by atoms with van der Waals surface area (Å²) in [6.07, 6.45) is 4.75. The zero-order chi connectivity index (χ0) is 16.9. The summed E-state index contributed by atoms with van der Waals surface area (Å²) in [7, 11) is 0. The van der Waals surface area contributed by atoms with Crippen LogP contribution in [0.5, 0.6) is 5.75 Å². The van der Waals surface area contributed by atoms with Gasteiger partial charge in [0.05, 0.1) is 19.1 Å². The molecule has 0 bridgehead atoms. The number of nitrogens with one attached hydrogen (secondary N) is 2. The van der Waals surface area contributed by atoms with Crippen LogP contribution in [0.1, 0.15) is 39.0 Å². The lowest BCUT2D eigenvalue weighted by Gasteiger charge is -2.37. The number of benzene rings is 1. The van der Waals surface area contributed by atoms with Gasteiger partial charge in [0.25, 0.3) is 5.91 Å². The van der Waals surface area contributed by atoms with E-state index < -0.39 is 0 Å². The maximum atomic E-state index is 12.3. The van der Waals surface area contributed by atoms with Crippen LogP contribution in [0.3, 0.4) is 0 Å². The van der Waals surface area contributed by atoms with Crippen molar-refractivity contribution in [1.82, 2.24) is 5.32 Å². The lowest BCUT2D eigenvalue weighted by Crippen LogP contribution is -3.03. The van der Waals surface area contributed by atoms with E-state index in [1.165, 1.54) is 12.8 Å². The van der Waals surface area contributed by atoms with Crippen molar-refractivity contribution in [3.63, 3.8) is 0 Å². The van der Waals surface area contributed by atoms with Crippen LogP contribution in [0.15, 0.2) is 24.3 Å². The first kappa shape index (κ1) is 16.8. The molecule has 0 aromatic heterocycles. The molecule has 0 radical (unpaired) electrons. The van der Waals surface area contributed by atoms with Crippen LogP contribution in [0, 0.1) is 0 Å². The van der Waals surface area contributed by atoms with Crippen molar-refractivity contribution >= 4 is 17.5 Å². The van der Waals surface area contributed by atoms with Gasteiger partial charge in [-0.3, -0.25) is 9.59 Å². The number of carbonyl (C=O) groups is 2. The largest absolute Gasteiger partial charge is 0.494 e. The van der Waals surface area contributed by atoms with E-state index in [9.17, 15) is 9.59 Å². The van der Waals surface area contributed by atoms with Gasteiger partial charge < -0.3 is 20.7 Å². The van der Waals surface area contributed by atoms with Crippen molar-refractivity contribution in [1.29, 1.82) is 0 Å². The Bertz CT molecular complexity index is 588. The van der Waals surface area contributed by atoms with Crippen molar-refractivity contribution in [2.45, 2.75) is 57.2 Å². The Hall–Kier alpha value is -2.08. The maximum absolute atomic E-state index is 12.3. The molecule has 1 aromatic carbocycles. The van der Waals surface area contributed by atoms with Gasteiger partial charge in [-0.2, -0.15) is 0 Å². The third-order valence-corrected chi connectivity index (χ3v) is 4.82. The topological polar surface area (TPSA) is 84.0 Å². The molecule has 1 heterocycles. The van der Waals surface area contributed by atoms with E-state index in [0.29, 0.717) is 12.6 Å². The van der Waals surface area contributed by atoms with Crippen LogP contribution in [-0.4, -0.2) is 36.5 Å². The summed E-state index contributed by atoms with van der Waals surface area (Å²) in [5.74, 6) is 0.628. The zero-order valence-electron chi connectivity index (χ0n) is 14.1. The minimum absolute atomic E-state index is 0.0139. The zero-order valence-corrected chi connectivity index (χ0v) is 14.1. The second-order valence-corrected chi connectivity index (χ2v) is 6.57. The number of carbonyl (C=O) groups excluding carboxylic acids is 2. The molecule has 4 N–H and O–H groups in total. The number of quaternary nitrogens is 1. The van der Waals surface area contributed by atoms with Crippen molar-refractivity contribution in [2.24, 2.45) is 0 Å². The first-order valence-electron chi connectivity index (χ1n) is 8.84. The third-order valence-electron chi connectivity index (χ3n) is 4.82. The van der Waals surface area contributed by atoms with Gasteiger partial charge in [-0.05, 0) is 44.0 Å². The summed E-state index contributed by atoms with van der Waals surface area (Å²) in [5, 5.41) is 8.05. The van der Waals surface area contributed by atoms with E-state index in [2.05, 4.69) is 16.0 Å². The number of hydrogen-bond acceptors (Lipinski definition) is 3. The van der Waals surface area contributed by atoms with E-state index in [-0.39, 0.29) is 30.3 Å². The average Bonchev–Trinajstić information content (AvgIpc) is 2.57. The van der Waals surface area contributed by atoms with Crippen LogP contribution in [0.2, 0.25) is 0 Å². The van der Waals surface area contributed by atoms with Gasteiger partial charge in [-0.15, -0.1) is 0 Å².